The number of ether oxygens (including phenoxy) is 1. The number of hydrogen-bond donors (Lipinski definition) is 2. The van der Waals surface area contributed by atoms with Gasteiger partial charge < -0.3 is 20.1 Å². The molecule has 7 heteroatoms. The van der Waals surface area contributed by atoms with E-state index in [4.69, 9.17) is 4.74 Å². The first-order chi connectivity index (χ1) is 12.0. The maximum Gasteiger partial charge on any atom is 0.308 e. The molecule has 3 atom stereocenters. The highest BCUT2D eigenvalue weighted by Gasteiger charge is 2.37. The average molecular weight is 346 g/mol. The topological polar surface area (TPSA) is 95.9 Å². The van der Waals surface area contributed by atoms with E-state index in [1.54, 1.807) is 29.2 Å². The van der Waals surface area contributed by atoms with Crippen molar-refractivity contribution in [1.29, 1.82) is 0 Å². The van der Waals surface area contributed by atoms with Gasteiger partial charge >= 0.3 is 5.97 Å². The minimum atomic E-state index is -0.875. The molecule has 3 rings (SSSR count). The fourth-order valence-corrected chi connectivity index (χ4v) is 3.37. The summed E-state index contributed by atoms with van der Waals surface area (Å²) in [6.07, 6.45) is 1.14. The van der Waals surface area contributed by atoms with Crippen LogP contribution in [-0.2, 0) is 14.3 Å². The van der Waals surface area contributed by atoms with Gasteiger partial charge in [-0.25, -0.2) is 0 Å². The van der Waals surface area contributed by atoms with Crippen molar-refractivity contribution in [1.82, 2.24) is 4.90 Å². The number of carbonyl (C=O) groups excluding carboxylic acids is 2. The zero-order chi connectivity index (χ0) is 18.0. The number of carboxylic acid groups (broad SMARTS) is 1. The zero-order valence-electron chi connectivity index (χ0n) is 14.1. The van der Waals surface area contributed by atoms with Crippen LogP contribution in [-0.4, -0.2) is 53.6 Å². The Balaban J connectivity index is 1.67. The Hall–Kier alpha value is -2.41. The molecule has 1 aromatic rings. The second-order valence-corrected chi connectivity index (χ2v) is 6.70. The fourth-order valence-electron chi connectivity index (χ4n) is 3.37. The summed E-state index contributed by atoms with van der Waals surface area (Å²) in [5.74, 6) is -1.91. The molecule has 0 aliphatic carbocycles. The Morgan fingerprint density at radius 2 is 2.08 bits per heavy atom. The van der Waals surface area contributed by atoms with Gasteiger partial charge in [0.05, 0.1) is 5.92 Å². The molecular formula is C18H22N2O5. The molecule has 0 aromatic heterocycles. The van der Waals surface area contributed by atoms with Gasteiger partial charge in [0.15, 0.2) is 0 Å². The van der Waals surface area contributed by atoms with Crippen molar-refractivity contribution in [3.05, 3.63) is 29.8 Å². The molecule has 2 amide bonds. The van der Waals surface area contributed by atoms with Crippen LogP contribution in [0.3, 0.4) is 0 Å². The monoisotopic (exact) mass is 346 g/mol. The summed E-state index contributed by atoms with van der Waals surface area (Å²) in [6, 6.07) is 6.71. The Kier molecular flexibility index (Phi) is 5.03. The number of hydrogen-bond acceptors (Lipinski definition) is 4. The maximum absolute atomic E-state index is 12.7. The summed E-state index contributed by atoms with van der Waals surface area (Å²) in [7, 11) is 0. The smallest absolute Gasteiger partial charge is 0.308 e. The Labute approximate surface area is 146 Å². The summed E-state index contributed by atoms with van der Waals surface area (Å²) < 4.78 is 5.35. The van der Waals surface area contributed by atoms with Gasteiger partial charge in [-0.2, -0.15) is 0 Å². The van der Waals surface area contributed by atoms with E-state index in [0.717, 1.165) is 6.42 Å². The van der Waals surface area contributed by atoms with E-state index in [1.165, 1.54) is 0 Å². The molecule has 1 unspecified atom stereocenters. The van der Waals surface area contributed by atoms with Crippen molar-refractivity contribution in [3.63, 3.8) is 0 Å². The van der Waals surface area contributed by atoms with Gasteiger partial charge in [0.2, 0.25) is 0 Å². The molecule has 2 N–H and O–H groups in total. The molecule has 2 fully saturated rings. The van der Waals surface area contributed by atoms with Crippen LogP contribution in [0, 0.1) is 11.8 Å². The molecule has 1 aromatic carbocycles. The highest BCUT2D eigenvalue weighted by Crippen LogP contribution is 2.25. The number of anilines is 1. The molecule has 25 heavy (non-hydrogen) atoms. The van der Waals surface area contributed by atoms with Crippen LogP contribution in [0.25, 0.3) is 0 Å². The molecule has 2 aliphatic rings. The van der Waals surface area contributed by atoms with Crippen molar-refractivity contribution < 1.29 is 24.2 Å². The summed E-state index contributed by atoms with van der Waals surface area (Å²) in [5.41, 5.74) is 0.969. The molecular weight excluding hydrogens is 324 g/mol. The Bertz CT molecular complexity index is 684. The number of carboxylic acids is 1. The van der Waals surface area contributed by atoms with Gasteiger partial charge in [-0.05, 0) is 37.0 Å². The van der Waals surface area contributed by atoms with Crippen molar-refractivity contribution >= 4 is 23.5 Å². The van der Waals surface area contributed by atoms with E-state index in [-0.39, 0.29) is 24.3 Å². The summed E-state index contributed by atoms with van der Waals surface area (Å²) in [4.78, 5) is 37.5. The third-order valence-electron chi connectivity index (χ3n) is 4.82. The van der Waals surface area contributed by atoms with Crippen LogP contribution in [0.15, 0.2) is 24.3 Å². The first-order valence-corrected chi connectivity index (χ1v) is 8.50. The quantitative estimate of drug-likeness (QED) is 0.863. The standard InChI is InChI=1S/C18H22N2O5/c1-11-9-20(10-14(11)18(23)24)17(22)12-4-2-5-13(8-12)19-16(21)15-6-3-7-25-15/h2,4-5,8,11,14-15H,3,6-7,9-10H2,1H3,(H,19,21)(H,23,24)/t11-,14-,15?/m1/s1. The summed E-state index contributed by atoms with van der Waals surface area (Å²) >= 11 is 0. The van der Waals surface area contributed by atoms with Crippen LogP contribution in [0.5, 0.6) is 0 Å². The molecule has 0 saturated carbocycles. The van der Waals surface area contributed by atoms with Crippen molar-refractivity contribution in [2.24, 2.45) is 11.8 Å². The molecule has 0 radical (unpaired) electrons. The normalized spacial score (nSPS) is 25.8. The SMILES string of the molecule is C[C@@H]1CN(C(=O)c2cccc(NC(=O)C3CCCO3)c2)C[C@H]1C(=O)O. The number of benzene rings is 1. The van der Waals surface area contributed by atoms with E-state index in [2.05, 4.69) is 5.32 Å². The number of aliphatic carboxylic acids is 1. The van der Waals surface area contributed by atoms with Crippen molar-refractivity contribution in [3.8, 4) is 0 Å². The van der Waals surface area contributed by atoms with Gasteiger partial charge in [-0.1, -0.05) is 13.0 Å². The molecule has 0 spiro atoms. The second-order valence-electron chi connectivity index (χ2n) is 6.70. The van der Waals surface area contributed by atoms with Gasteiger partial charge in [-0.3, -0.25) is 14.4 Å². The third-order valence-corrected chi connectivity index (χ3v) is 4.82. The van der Waals surface area contributed by atoms with E-state index in [0.29, 0.717) is 30.8 Å². The van der Waals surface area contributed by atoms with Gasteiger partial charge in [0.25, 0.3) is 11.8 Å². The van der Waals surface area contributed by atoms with Gasteiger partial charge in [-0.15, -0.1) is 0 Å². The second kappa shape index (κ2) is 7.23. The maximum atomic E-state index is 12.7. The van der Waals surface area contributed by atoms with Crippen molar-refractivity contribution in [2.75, 3.05) is 25.0 Å². The number of nitrogens with one attached hydrogen (secondary N) is 1. The van der Waals surface area contributed by atoms with Crippen LogP contribution in [0.2, 0.25) is 0 Å². The minimum absolute atomic E-state index is 0.0798. The lowest BCUT2D eigenvalue weighted by molar-refractivity contribution is -0.142. The van der Waals surface area contributed by atoms with Crippen LogP contribution < -0.4 is 5.32 Å². The molecule has 7 nitrogen and oxygen atoms in total. The highest BCUT2D eigenvalue weighted by molar-refractivity contribution is 5.98. The first kappa shape index (κ1) is 17.4. The van der Waals surface area contributed by atoms with E-state index in [9.17, 15) is 19.5 Å². The molecule has 134 valence electrons. The third kappa shape index (κ3) is 3.82. The minimum Gasteiger partial charge on any atom is -0.481 e. The fraction of sp³-hybridized carbons (Fsp3) is 0.500. The first-order valence-electron chi connectivity index (χ1n) is 8.50. The predicted octanol–water partition coefficient (Wildman–Crippen LogP) is 1.60. The van der Waals surface area contributed by atoms with E-state index in [1.807, 2.05) is 6.92 Å². The number of nitrogens with zero attached hydrogens (tertiary/aromatic N) is 1. The lowest BCUT2D eigenvalue weighted by atomic mass is 9.99. The zero-order valence-corrected chi connectivity index (χ0v) is 14.1. The molecule has 0 bridgehead atoms. The number of rotatable bonds is 4. The van der Waals surface area contributed by atoms with Gasteiger partial charge in [0, 0.05) is 30.9 Å². The molecule has 2 heterocycles. The lowest BCUT2D eigenvalue weighted by Crippen LogP contribution is -2.30. The number of likely N-dealkylation sites (tertiary alicyclic amines) is 1. The molecule has 2 saturated heterocycles. The van der Waals surface area contributed by atoms with Crippen LogP contribution in [0.1, 0.15) is 30.1 Å². The van der Waals surface area contributed by atoms with Gasteiger partial charge in [0.1, 0.15) is 6.10 Å². The number of amides is 2. The van der Waals surface area contributed by atoms with E-state index >= 15 is 0 Å². The van der Waals surface area contributed by atoms with Crippen LogP contribution >= 0.6 is 0 Å². The number of carbonyl (C=O) groups is 3. The van der Waals surface area contributed by atoms with Crippen molar-refractivity contribution in [2.45, 2.75) is 25.9 Å². The lowest BCUT2D eigenvalue weighted by Gasteiger charge is -2.17. The van der Waals surface area contributed by atoms with E-state index < -0.39 is 18.0 Å². The van der Waals surface area contributed by atoms with Crippen LogP contribution in [0.4, 0.5) is 5.69 Å². The highest BCUT2D eigenvalue weighted by atomic mass is 16.5. The largest absolute Gasteiger partial charge is 0.481 e. The summed E-state index contributed by atoms with van der Waals surface area (Å²) in [5, 5.41) is 12.0. The summed E-state index contributed by atoms with van der Waals surface area (Å²) in [6.45, 7) is 3.06. The molecule has 2 aliphatic heterocycles. The average Bonchev–Trinajstić information content (AvgIpc) is 3.24. The Morgan fingerprint density at radius 3 is 2.72 bits per heavy atom. The Morgan fingerprint density at radius 1 is 1.28 bits per heavy atom. The predicted molar refractivity (Wildman–Crippen MR) is 90.2 cm³/mol.